The summed E-state index contributed by atoms with van der Waals surface area (Å²) in [7, 11) is 0. The second-order valence-electron chi connectivity index (χ2n) is 3.93. The maximum absolute atomic E-state index is 12.6. The van der Waals surface area contributed by atoms with E-state index in [9.17, 15) is 18.0 Å². The Morgan fingerprint density at radius 2 is 2.05 bits per heavy atom. The molecule has 19 heavy (non-hydrogen) atoms. The first kappa shape index (κ1) is 13.1. The van der Waals surface area contributed by atoms with Crippen LogP contribution in [0.4, 0.5) is 13.2 Å². The Balaban J connectivity index is 2.48. The van der Waals surface area contributed by atoms with E-state index in [-0.39, 0.29) is 16.9 Å². The fourth-order valence-electron chi connectivity index (χ4n) is 1.63. The first-order valence-electron chi connectivity index (χ1n) is 5.26. The lowest BCUT2D eigenvalue weighted by molar-refractivity contribution is -0.137. The van der Waals surface area contributed by atoms with E-state index in [1.165, 1.54) is 25.3 Å². The Morgan fingerprint density at radius 3 is 2.58 bits per heavy atom. The maximum atomic E-state index is 12.6. The lowest BCUT2D eigenvalue weighted by Crippen LogP contribution is -2.06. The van der Waals surface area contributed by atoms with Crippen molar-refractivity contribution in [1.82, 2.24) is 9.78 Å². The van der Waals surface area contributed by atoms with E-state index in [0.29, 0.717) is 0 Å². The largest absolute Gasteiger partial charge is 0.478 e. The molecule has 1 aromatic heterocycles. The Kier molecular flexibility index (Phi) is 3.05. The fourth-order valence-corrected chi connectivity index (χ4v) is 1.63. The van der Waals surface area contributed by atoms with Crippen LogP contribution in [-0.2, 0) is 6.18 Å². The molecule has 0 spiro atoms. The van der Waals surface area contributed by atoms with Gasteiger partial charge in [-0.15, -0.1) is 0 Å². The second-order valence-corrected chi connectivity index (χ2v) is 3.93. The van der Waals surface area contributed by atoms with Crippen molar-refractivity contribution in [3.8, 4) is 5.69 Å². The summed E-state index contributed by atoms with van der Waals surface area (Å²) >= 11 is 0. The summed E-state index contributed by atoms with van der Waals surface area (Å²) in [4.78, 5) is 10.9. The highest BCUT2D eigenvalue weighted by atomic mass is 19.4. The van der Waals surface area contributed by atoms with Gasteiger partial charge in [0, 0.05) is 6.20 Å². The summed E-state index contributed by atoms with van der Waals surface area (Å²) in [6, 6.07) is 4.53. The number of aryl methyl sites for hydroxylation is 1. The van der Waals surface area contributed by atoms with Crippen LogP contribution in [0.15, 0.2) is 30.5 Å². The van der Waals surface area contributed by atoms with Crippen LogP contribution in [-0.4, -0.2) is 20.9 Å². The Morgan fingerprint density at radius 1 is 1.37 bits per heavy atom. The molecule has 0 atom stereocenters. The van der Waals surface area contributed by atoms with Gasteiger partial charge in [0.05, 0.1) is 16.9 Å². The van der Waals surface area contributed by atoms with Crippen molar-refractivity contribution in [1.29, 1.82) is 0 Å². The lowest BCUT2D eigenvalue weighted by Gasteiger charge is -2.08. The number of benzene rings is 1. The molecular weight excluding hydrogens is 261 g/mol. The highest BCUT2D eigenvalue weighted by Gasteiger charge is 2.30. The molecule has 0 saturated heterocycles. The monoisotopic (exact) mass is 270 g/mol. The van der Waals surface area contributed by atoms with Crippen molar-refractivity contribution in [2.45, 2.75) is 13.1 Å². The average Bonchev–Trinajstić information content (AvgIpc) is 2.70. The van der Waals surface area contributed by atoms with Gasteiger partial charge in [0.2, 0.25) is 0 Å². The highest BCUT2D eigenvalue weighted by Crippen LogP contribution is 2.30. The SMILES string of the molecule is Cc1nn(-c2cccc(C(F)(F)F)c2)cc1C(=O)O. The second kappa shape index (κ2) is 4.42. The van der Waals surface area contributed by atoms with Crippen molar-refractivity contribution in [3.05, 3.63) is 47.3 Å². The minimum Gasteiger partial charge on any atom is -0.478 e. The van der Waals surface area contributed by atoms with Crippen LogP contribution in [0.25, 0.3) is 5.69 Å². The summed E-state index contributed by atoms with van der Waals surface area (Å²) in [6.07, 6.45) is -3.26. The number of rotatable bonds is 2. The van der Waals surface area contributed by atoms with Gasteiger partial charge in [0.15, 0.2) is 0 Å². The predicted molar refractivity (Wildman–Crippen MR) is 60.3 cm³/mol. The molecule has 0 aliphatic heterocycles. The van der Waals surface area contributed by atoms with Crippen molar-refractivity contribution in [2.24, 2.45) is 0 Å². The number of carboxylic acid groups (broad SMARTS) is 1. The molecule has 1 heterocycles. The number of aromatic carboxylic acids is 1. The van der Waals surface area contributed by atoms with E-state index in [0.717, 1.165) is 16.8 Å². The van der Waals surface area contributed by atoms with Gasteiger partial charge < -0.3 is 5.11 Å². The van der Waals surface area contributed by atoms with E-state index in [1.807, 2.05) is 0 Å². The fraction of sp³-hybridized carbons (Fsp3) is 0.167. The Hall–Kier alpha value is -2.31. The normalized spacial score (nSPS) is 11.6. The number of carbonyl (C=O) groups is 1. The van der Waals surface area contributed by atoms with Crippen molar-refractivity contribution in [3.63, 3.8) is 0 Å². The Labute approximate surface area is 106 Å². The minimum absolute atomic E-state index is 0.0441. The third kappa shape index (κ3) is 2.59. The molecule has 0 aliphatic carbocycles. The van der Waals surface area contributed by atoms with E-state index >= 15 is 0 Å². The molecule has 2 aromatic rings. The van der Waals surface area contributed by atoms with E-state index in [2.05, 4.69) is 5.10 Å². The van der Waals surface area contributed by atoms with Crippen molar-refractivity contribution >= 4 is 5.97 Å². The molecule has 0 radical (unpaired) electrons. The van der Waals surface area contributed by atoms with Gasteiger partial charge >= 0.3 is 12.1 Å². The summed E-state index contributed by atoms with van der Waals surface area (Å²) in [5, 5.41) is 12.8. The molecule has 1 N–H and O–H groups in total. The third-order valence-corrected chi connectivity index (χ3v) is 2.57. The zero-order valence-electron chi connectivity index (χ0n) is 9.77. The molecule has 4 nitrogen and oxygen atoms in total. The number of nitrogens with zero attached hydrogens (tertiary/aromatic N) is 2. The summed E-state index contributed by atoms with van der Waals surface area (Å²) in [6.45, 7) is 1.48. The van der Waals surface area contributed by atoms with Gasteiger partial charge in [-0.2, -0.15) is 18.3 Å². The topological polar surface area (TPSA) is 55.1 Å². The quantitative estimate of drug-likeness (QED) is 0.912. The highest BCUT2D eigenvalue weighted by molar-refractivity contribution is 5.88. The molecular formula is C12H9F3N2O2. The summed E-state index contributed by atoms with van der Waals surface area (Å²) < 4.78 is 38.8. The van der Waals surface area contributed by atoms with Crippen LogP contribution < -0.4 is 0 Å². The smallest absolute Gasteiger partial charge is 0.416 e. The number of hydrogen-bond donors (Lipinski definition) is 1. The number of alkyl halides is 3. The van der Waals surface area contributed by atoms with Gasteiger partial charge in [0.1, 0.15) is 5.56 Å². The van der Waals surface area contributed by atoms with E-state index < -0.39 is 17.7 Å². The predicted octanol–water partition coefficient (Wildman–Crippen LogP) is 2.90. The molecule has 0 saturated carbocycles. The van der Waals surface area contributed by atoms with Gasteiger partial charge in [-0.3, -0.25) is 0 Å². The van der Waals surface area contributed by atoms with Crippen molar-refractivity contribution in [2.75, 3.05) is 0 Å². The molecule has 7 heteroatoms. The lowest BCUT2D eigenvalue weighted by atomic mass is 10.2. The van der Waals surface area contributed by atoms with Gasteiger partial charge in [-0.05, 0) is 25.1 Å². The zero-order chi connectivity index (χ0) is 14.2. The van der Waals surface area contributed by atoms with Gasteiger partial charge in [0.25, 0.3) is 0 Å². The molecule has 2 rings (SSSR count). The van der Waals surface area contributed by atoms with Gasteiger partial charge in [-0.1, -0.05) is 6.07 Å². The molecule has 0 unspecified atom stereocenters. The van der Waals surface area contributed by atoms with Crippen LogP contribution in [0.5, 0.6) is 0 Å². The van der Waals surface area contributed by atoms with Crippen LogP contribution >= 0.6 is 0 Å². The standard InChI is InChI=1S/C12H9F3N2O2/c1-7-10(11(18)19)6-17(16-7)9-4-2-3-8(5-9)12(13,14)15/h2-6H,1H3,(H,18,19). The summed E-state index contributed by atoms with van der Waals surface area (Å²) in [5.74, 6) is -1.17. The number of aromatic nitrogens is 2. The molecule has 100 valence electrons. The molecule has 0 aliphatic rings. The number of halogens is 3. The zero-order valence-corrected chi connectivity index (χ0v) is 9.77. The molecule has 0 fully saturated rings. The van der Waals surface area contributed by atoms with Gasteiger partial charge in [-0.25, -0.2) is 9.48 Å². The summed E-state index contributed by atoms with van der Waals surface area (Å²) in [5.41, 5.74) is -0.456. The first-order valence-corrected chi connectivity index (χ1v) is 5.26. The number of carboxylic acids is 1. The Bertz CT molecular complexity index is 632. The molecule has 1 aromatic carbocycles. The average molecular weight is 270 g/mol. The van der Waals surface area contributed by atoms with E-state index in [1.54, 1.807) is 0 Å². The van der Waals surface area contributed by atoms with Crippen LogP contribution in [0.1, 0.15) is 21.6 Å². The first-order chi connectivity index (χ1) is 8.79. The molecule has 0 bridgehead atoms. The van der Waals surface area contributed by atoms with Crippen LogP contribution in [0, 0.1) is 6.92 Å². The van der Waals surface area contributed by atoms with Crippen LogP contribution in [0.3, 0.4) is 0 Å². The van der Waals surface area contributed by atoms with Crippen LogP contribution in [0.2, 0.25) is 0 Å². The maximum Gasteiger partial charge on any atom is 0.416 e. The molecule has 0 amide bonds. The number of hydrogen-bond acceptors (Lipinski definition) is 2. The minimum atomic E-state index is -4.45. The van der Waals surface area contributed by atoms with Crippen molar-refractivity contribution < 1.29 is 23.1 Å². The van der Waals surface area contributed by atoms with E-state index in [4.69, 9.17) is 5.11 Å². The third-order valence-electron chi connectivity index (χ3n) is 2.57.